The molecule has 0 saturated carbocycles. The van der Waals surface area contributed by atoms with E-state index < -0.39 is 42.0 Å². The van der Waals surface area contributed by atoms with Gasteiger partial charge in [-0.15, -0.1) is 0 Å². The molecule has 0 aromatic rings. The van der Waals surface area contributed by atoms with Gasteiger partial charge in [0, 0.05) is 0 Å². The first kappa shape index (κ1) is 19.7. The summed E-state index contributed by atoms with van der Waals surface area (Å²) in [7, 11) is 0. The van der Waals surface area contributed by atoms with Gasteiger partial charge in [0.1, 0.15) is 6.04 Å². The fourth-order valence-electron chi connectivity index (χ4n) is 1.45. The van der Waals surface area contributed by atoms with Gasteiger partial charge in [-0.05, 0) is 32.3 Å². The van der Waals surface area contributed by atoms with Crippen LogP contribution in [0.15, 0.2) is 0 Å². The van der Waals surface area contributed by atoms with Gasteiger partial charge in [0.05, 0.1) is 12.1 Å². The monoisotopic (exact) mass is 321 g/mol. The Morgan fingerprint density at radius 3 is 2.14 bits per heavy atom. The molecular weight excluding hydrogens is 298 g/mol. The van der Waals surface area contributed by atoms with E-state index in [4.69, 9.17) is 10.8 Å². The highest BCUT2D eigenvalue weighted by Gasteiger charge is 2.29. The van der Waals surface area contributed by atoms with Crippen LogP contribution >= 0.6 is 11.8 Å². The first-order chi connectivity index (χ1) is 9.70. The van der Waals surface area contributed by atoms with Crippen LogP contribution in [0.1, 0.15) is 20.3 Å². The summed E-state index contributed by atoms with van der Waals surface area (Å²) in [4.78, 5) is 34.6. The summed E-state index contributed by atoms with van der Waals surface area (Å²) in [5.74, 6) is -1.91. The SMILES string of the molecule is CSCCC(NC(=O)C(C)N)C(=O)NC(C(=O)O)C(C)O. The lowest BCUT2D eigenvalue weighted by molar-refractivity contribution is -0.145. The molecule has 6 N–H and O–H groups in total. The van der Waals surface area contributed by atoms with E-state index in [1.54, 1.807) is 0 Å². The van der Waals surface area contributed by atoms with Gasteiger partial charge in [-0.1, -0.05) is 0 Å². The molecule has 0 aliphatic rings. The Hall–Kier alpha value is -1.32. The number of nitrogens with two attached hydrogens (primary N) is 1. The molecule has 0 rings (SSSR count). The first-order valence-corrected chi connectivity index (χ1v) is 7.86. The molecule has 0 fully saturated rings. The summed E-state index contributed by atoms with van der Waals surface area (Å²) < 4.78 is 0. The number of aliphatic hydroxyl groups is 1. The molecule has 0 saturated heterocycles. The number of amides is 2. The number of aliphatic hydroxyl groups excluding tert-OH is 1. The van der Waals surface area contributed by atoms with E-state index >= 15 is 0 Å². The molecule has 0 aliphatic carbocycles. The van der Waals surface area contributed by atoms with E-state index in [-0.39, 0.29) is 0 Å². The number of carbonyl (C=O) groups is 3. The van der Waals surface area contributed by atoms with Crippen LogP contribution in [0.3, 0.4) is 0 Å². The first-order valence-electron chi connectivity index (χ1n) is 6.46. The average Bonchev–Trinajstić information content (AvgIpc) is 2.39. The highest BCUT2D eigenvalue weighted by molar-refractivity contribution is 7.98. The molecule has 0 aromatic heterocycles. The molecule has 4 unspecified atom stereocenters. The van der Waals surface area contributed by atoms with Crippen LogP contribution in [-0.4, -0.2) is 64.2 Å². The topological polar surface area (TPSA) is 142 Å². The number of carboxylic acids is 1. The van der Waals surface area contributed by atoms with Gasteiger partial charge < -0.3 is 26.6 Å². The molecule has 0 spiro atoms. The van der Waals surface area contributed by atoms with E-state index in [1.165, 1.54) is 25.6 Å². The minimum absolute atomic E-state index is 0.331. The number of aliphatic carboxylic acids is 1. The van der Waals surface area contributed by atoms with Crippen LogP contribution < -0.4 is 16.4 Å². The van der Waals surface area contributed by atoms with Crippen molar-refractivity contribution in [2.45, 2.75) is 44.5 Å². The zero-order valence-corrected chi connectivity index (χ0v) is 13.1. The van der Waals surface area contributed by atoms with Crippen LogP contribution in [0.2, 0.25) is 0 Å². The molecular formula is C12H23N3O5S. The van der Waals surface area contributed by atoms with Crippen LogP contribution in [0.25, 0.3) is 0 Å². The third-order valence-corrected chi connectivity index (χ3v) is 3.35. The number of hydrogen-bond donors (Lipinski definition) is 5. The molecule has 0 aromatic carbocycles. The van der Waals surface area contributed by atoms with E-state index in [0.717, 1.165) is 0 Å². The molecule has 0 bridgehead atoms. The number of thioether (sulfide) groups is 1. The van der Waals surface area contributed by atoms with Crippen molar-refractivity contribution in [3.05, 3.63) is 0 Å². The van der Waals surface area contributed by atoms with Crippen molar-refractivity contribution < 1.29 is 24.6 Å². The van der Waals surface area contributed by atoms with E-state index in [9.17, 15) is 19.5 Å². The van der Waals surface area contributed by atoms with Crippen LogP contribution in [0, 0.1) is 0 Å². The zero-order valence-electron chi connectivity index (χ0n) is 12.3. The second-order valence-electron chi connectivity index (χ2n) is 4.70. The molecule has 4 atom stereocenters. The smallest absolute Gasteiger partial charge is 0.328 e. The predicted octanol–water partition coefficient (Wildman–Crippen LogP) is -1.48. The Kier molecular flexibility index (Phi) is 8.98. The lowest BCUT2D eigenvalue weighted by atomic mass is 10.1. The van der Waals surface area contributed by atoms with Crippen molar-refractivity contribution in [2.24, 2.45) is 5.73 Å². The Morgan fingerprint density at radius 1 is 1.19 bits per heavy atom. The summed E-state index contributed by atoms with van der Waals surface area (Å²) in [5.41, 5.74) is 5.43. The van der Waals surface area contributed by atoms with Crippen LogP contribution in [0.4, 0.5) is 0 Å². The third-order valence-electron chi connectivity index (χ3n) is 2.70. The highest BCUT2D eigenvalue weighted by Crippen LogP contribution is 2.03. The number of carbonyl (C=O) groups excluding carboxylic acids is 2. The quantitative estimate of drug-likeness (QED) is 0.349. The Bertz CT molecular complexity index is 376. The highest BCUT2D eigenvalue weighted by atomic mass is 32.2. The summed E-state index contributed by atoms with van der Waals surface area (Å²) in [6.45, 7) is 2.74. The normalized spacial score (nSPS) is 16.4. The number of carboxylic acid groups (broad SMARTS) is 1. The number of nitrogens with one attached hydrogen (secondary N) is 2. The fraction of sp³-hybridized carbons (Fsp3) is 0.750. The van der Waals surface area contributed by atoms with Gasteiger partial charge in [-0.3, -0.25) is 9.59 Å². The maximum atomic E-state index is 12.1. The molecule has 2 amide bonds. The Balaban J connectivity index is 4.84. The molecule has 0 radical (unpaired) electrons. The standard InChI is InChI=1S/C12H23N3O5S/c1-6(13)10(17)14-8(4-5-21-3)11(18)15-9(7(2)16)12(19)20/h6-9,16H,4-5,13H2,1-3H3,(H,14,17)(H,15,18)(H,19,20). The average molecular weight is 321 g/mol. The van der Waals surface area contributed by atoms with Gasteiger partial charge in [-0.25, -0.2) is 4.79 Å². The Labute approximate surface area is 127 Å². The van der Waals surface area contributed by atoms with Crippen molar-refractivity contribution in [2.75, 3.05) is 12.0 Å². The number of rotatable bonds is 9. The molecule has 0 aliphatic heterocycles. The van der Waals surface area contributed by atoms with Gasteiger partial charge in [-0.2, -0.15) is 11.8 Å². The molecule has 8 nitrogen and oxygen atoms in total. The van der Waals surface area contributed by atoms with Crippen LogP contribution in [0.5, 0.6) is 0 Å². The van der Waals surface area contributed by atoms with Crippen molar-refractivity contribution in [1.29, 1.82) is 0 Å². The minimum Gasteiger partial charge on any atom is -0.480 e. The second-order valence-corrected chi connectivity index (χ2v) is 5.68. The van der Waals surface area contributed by atoms with Crippen molar-refractivity contribution >= 4 is 29.5 Å². The fourth-order valence-corrected chi connectivity index (χ4v) is 1.92. The maximum absolute atomic E-state index is 12.1. The minimum atomic E-state index is -1.43. The summed E-state index contributed by atoms with van der Waals surface area (Å²) >= 11 is 1.49. The summed E-state index contributed by atoms with van der Waals surface area (Å²) in [6.07, 6.45) is 0.923. The summed E-state index contributed by atoms with van der Waals surface area (Å²) in [5, 5.41) is 23.0. The second kappa shape index (κ2) is 9.59. The Morgan fingerprint density at radius 2 is 1.76 bits per heavy atom. The lowest BCUT2D eigenvalue weighted by Gasteiger charge is -2.23. The van der Waals surface area contributed by atoms with Crippen molar-refractivity contribution in [3.63, 3.8) is 0 Å². The number of hydrogen-bond acceptors (Lipinski definition) is 6. The van der Waals surface area contributed by atoms with E-state index in [0.29, 0.717) is 12.2 Å². The van der Waals surface area contributed by atoms with Crippen LogP contribution in [-0.2, 0) is 14.4 Å². The molecule has 0 heterocycles. The van der Waals surface area contributed by atoms with Gasteiger partial charge in [0.25, 0.3) is 0 Å². The van der Waals surface area contributed by atoms with Gasteiger partial charge >= 0.3 is 5.97 Å². The predicted molar refractivity (Wildman–Crippen MR) is 79.8 cm³/mol. The molecule has 9 heteroatoms. The lowest BCUT2D eigenvalue weighted by Crippen LogP contribution is -2.56. The van der Waals surface area contributed by atoms with Gasteiger partial charge in [0.2, 0.25) is 11.8 Å². The molecule has 21 heavy (non-hydrogen) atoms. The van der Waals surface area contributed by atoms with Crippen molar-refractivity contribution in [3.8, 4) is 0 Å². The van der Waals surface area contributed by atoms with Gasteiger partial charge in [0.15, 0.2) is 6.04 Å². The van der Waals surface area contributed by atoms with E-state index in [1.807, 2.05) is 6.26 Å². The summed E-state index contributed by atoms with van der Waals surface area (Å²) in [6, 6.07) is -3.10. The largest absolute Gasteiger partial charge is 0.480 e. The molecule has 122 valence electrons. The van der Waals surface area contributed by atoms with Crippen molar-refractivity contribution in [1.82, 2.24) is 10.6 Å². The third kappa shape index (κ3) is 7.30. The maximum Gasteiger partial charge on any atom is 0.328 e. The zero-order chi connectivity index (χ0) is 16.6. The van der Waals surface area contributed by atoms with E-state index in [2.05, 4.69) is 10.6 Å².